The number of hydrogen-bond acceptors (Lipinski definition) is 5. The lowest BCUT2D eigenvalue weighted by Crippen LogP contribution is -2.17. The summed E-state index contributed by atoms with van der Waals surface area (Å²) in [6.07, 6.45) is 1.58. The maximum atomic E-state index is 9.42. The third-order valence-corrected chi connectivity index (χ3v) is 2.04. The summed E-state index contributed by atoms with van der Waals surface area (Å²) < 4.78 is 0. The fourth-order valence-electron chi connectivity index (χ4n) is 1.07. The monoisotopic (exact) mass is 196 g/mol. The van der Waals surface area contributed by atoms with E-state index in [4.69, 9.17) is 11.5 Å². The van der Waals surface area contributed by atoms with Gasteiger partial charge in [0.05, 0.1) is 5.69 Å². The summed E-state index contributed by atoms with van der Waals surface area (Å²) in [5, 5.41) is 9.42. The van der Waals surface area contributed by atoms with Crippen molar-refractivity contribution >= 4 is 0 Å². The molecule has 0 saturated carbocycles. The van der Waals surface area contributed by atoms with Gasteiger partial charge in [-0.3, -0.25) is 0 Å². The molecule has 1 rings (SSSR count). The van der Waals surface area contributed by atoms with E-state index in [0.29, 0.717) is 5.82 Å². The molecular formula is C9H16N4O. The Morgan fingerprint density at radius 3 is 2.86 bits per heavy atom. The molecule has 0 saturated heterocycles. The van der Waals surface area contributed by atoms with Gasteiger partial charge in [-0.2, -0.15) is 0 Å². The lowest BCUT2D eigenvalue weighted by molar-refractivity contribution is 0.176. The second-order valence-corrected chi connectivity index (χ2v) is 3.11. The molecule has 0 radical (unpaired) electrons. The molecular weight excluding hydrogens is 180 g/mol. The first-order valence-electron chi connectivity index (χ1n) is 4.65. The minimum Gasteiger partial charge on any atom is -0.384 e. The highest BCUT2D eigenvalue weighted by molar-refractivity contribution is 5.08. The highest BCUT2D eigenvalue weighted by Crippen LogP contribution is 2.12. The third-order valence-electron chi connectivity index (χ3n) is 2.04. The van der Waals surface area contributed by atoms with Gasteiger partial charge >= 0.3 is 0 Å². The molecule has 5 heteroatoms. The summed E-state index contributed by atoms with van der Waals surface area (Å²) in [7, 11) is 0. The predicted molar refractivity (Wildman–Crippen MR) is 53.3 cm³/mol. The number of hydrogen-bond donors (Lipinski definition) is 3. The van der Waals surface area contributed by atoms with E-state index in [1.807, 2.05) is 6.92 Å². The molecule has 78 valence electrons. The van der Waals surface area contributed by atoms with Crippen LogP contribution in [0, 0.1) is 0 Å². The molecule has 2 unspecified atom stereocenters. The highest BCUT2D eigenvalue weighted by Gasteiger charge is 2.11. The minimum atomic E-state index is -0.806. The Balaban J connectivity index is 2.89. The van der Waals surface area contributed by atoms with Crippen LogP contribution in [0.15, 0.2) is 12.3 Å². The quantitative estimate of drug-likeness (QED) is 0.623. The van der Waals surface area contributed by atoms with Crippen molar-refractivity contribution in [3.63, 3.8) is 0 Å². The Morgan fingerprint density at radius 1 is 1.57 bits per heavy atom. The van der Waals surface area contributed by atoms with Crippen LogP contribution in [0.3, 0.4) is 0 Å². The van der Waals surface area contributed by atoms with E-state index in [-0.39, 0.29) is 12.6 Å². The number of aromatic nitrogens is 2. The van der Waals surface area contributed by atoms with Gasteiger partial charge in [0, 0.05) is 18.8 Å². The van der Waals surface area contributed by atoms with Crippen LogP contribution in [0.25, 0.3) is 0 Å². The molecule has 0 spiro atoms. The second kappa shape index (κ2) is 4.99. The van der Waals surface area contributed by atoms with Gasteiger partial charge in [-0.25, -0.2) is 9.97 Å². The number of aliphatic hydroxyl groups excluding tert-OH is 1. The van der Waals surface area contributed by atoms with Gasteiger partial charge in [0.15, 0.2) is 5.82 Å². The molecule has 0 aliphatic rings. The topological polar surface area (TPSA) is 98.0 Å². The summed E-state index contributed by atoms with van der Waals surface area (Å²) >= 11 is 0. The summed E-state index contributed by atoms with van der Waals surface area (Å²) in [4.78, 5) is 8.08. The van der Waals surface area contributed by atoms with Crippen LogP contribution >= 0.6 is 0 Å². The molecule has 2 atom stereocenters. The van der Waals surface area contributed by atoms with Crippen molar-refractivity contribution in [2.24, 2.45) is 11.5 Å². The van der Waals surface area contributed by atoms with Crippen molar-refractivity contribution in [3.8, 4) is 0 Å². The summed E-state index contributed by atoms with van der Waals surface area (Å²) in [6.45, 7) is 2.09. The van der Waals surface area contributed by atoms with Gasteiger partial charge in [-0.1, -0.05) is 6.92 Å². The fraction of sp³-hybridized carbons (Fsp3) is 0.556. The summed E-state index contributed by atoms with van der Waals surface area (Å²) in [5.41, 5.74) is 11.8. The average Bonchev–Trinajstić information content (AvgIpc) is 2.27. The van der Waals surface area contributed by atoms with Gasteiger partial charge in [-0.05, 0) is 12.5 Å². The Labute approximate surface area is 83.2 Å². The van der Waals surface area contributed by atoms with E-state index in [1.54, 1.807) is 12.3 Å². The molecule has 0 aliphatic heterocycles. The molecule has 5 N–H and O–H groups in total. The predicted octanol–water partition coefficient (Wildman–Crippen LogP) is -0.121. The Kier molecular flexibility index (Phi) is 3.94. The SMILES string of the molecule is CCC(N)c1ccnc(C(O)CN)n1. The molecule has 0 aromatic carbocycles. The van der Waals surface area contributed by atoms with Crippen molar-refractivity contribution < 1.29 is 5.11 Å². The molecule has 5 nitrogen and oxygen atoms in total. The fourth-order valence-corrected chi connectivity index (χ4v) is 1.07. The Bertz CT molecular complexity index is 267. The van der Waals surface area contributed by atoms with Crippen molar-refractivity contribution in [1.82, 2.24) is 9.97 Å². The number of aliphatic hydroxyl groups is 1. The van der Waals surface area contributed by atoms with E-state index in [2.05, 4.69) is 9.97 Å². The van der Waals surface area contributed by atoms with Crippen molar-refractivity contribution in [1.29, 1.82) is 0 Å². The van der Waals surface area contributed by atoms with Gasteiger partial charge in [-0.15, -0.1) is 0 Å². The van der Waals surface area contributed by atoms with E-state index < -0.39 is 6.10 Å². The van der Waals surface area contributed by atoms with E-state index in [1.165, 1.54) is 0 Å². The van der Waals surface area contributed by atoms with Crippen LogP contribution in [-0.2, 0) is 0 Å². The molecule has 1 aromatic rings. The van der Waals surface area contributed by atoms with Crippen LogP contribution in [0.5, 0.6) is 0 Å². The summed E-state index contributed by atoms with van der Waals surface area (Å²) in [5.74, 6) is 0.342. The van der Waals surface area contributed by atoms with Crippen LogP contribution in [-0.4, -0.2) is 21.6 Å². The standard InChI is InChI=1S/C9H16N4O/c1-2-6(11)7-3-4-12-9(13-7)8(14)5-10/h3-4,6,8,14H,2,5,10-11H2,1H3. The van der Waals surface area contributed by atoms with Crippen LogP contribution in [0.2, 0.25) is 0 Å². The van der Waals surface area contributed by atoms with E-state index in [0.717, 1.165) is 12.1 Å². The van der Waals surface area contributed by atoms with Crippen molar-refractivity contribution in [2.75, 3.05) is 6.54 Å². The lowest BCUT2D eigenvalue weighted by Gasteiger charge is -2.11. The minimum absolute atomic E-state index is 0.110. The van der Waals surface area contributed by atoms with Gasteiger partial charge < -0.3 is 16.6 Å². The number of nitrogens with zero attached hydrogens (tertiary/aromatic N) is 2. The van der Waals surface area contributed by atoms with Gasteiger partial charge in [0.25, 0.3) is 0 Å². The molecule has 1 heterocycles. The maximum Gasteiger partial charge on any atom is 0.158 e. The Hall–Kier alpha value is -1.04. The lowest BCUT2D eigenvalue weighted by atomic mass is 10.1. The zero-order valence-corrected chi connectivity index (χ0v) is 8.22. The van der Waals surface area contributed by atoms with E-state index >= 15 is 0 Å². The number of rotatable bonds is 4. The third kappa shape index (κ3) is 2.47. The zero-order valence-electron chi connectivity index (χ0n) is 8.22. The average molecular weight is 196 g/mol. The van der Waals surface area contributed by atoms with Crippen molar-refractivity contribution in [2.45, 2.75) is 25.5 Å². The first-order chi connectivity index (χ1) is 6.69. The zero-order chi connectivity index (χ0) is 10.6. The molecule has 1 aromatic heterocycles. The number of nitrogens with two attached hydrogens (primary N) is 2. The molecule has 0 bridgehead atoms. The Morgan fingerprint density at radius 2 is 2.29 bits per heavy atom. The molecule has 0 amide bonds. The van der Waals surface area contributed by atoms with E-state index in [9.17, 15) is 5.11 Å². The van der Waals surface area contributed by atoms with Gasteiger partial charge in [0.2, 0.25) is 0 Å². The van der Waals surface area contributed by atoms with Crippen LogP contribution < -0.4 is 11.5 Å². The molecule has 14 heavy (non-hydrogen) atoms. The first kappa shape index (κ1) is 11.0. The van der Waals surface area contributed by atoms with Crippen LogP contribution in [0.1, 0.15) is 37.0 Å². The molecule has 0 fully saturated rings. The van der Waals surface area contributed by atoms with Gasteiger partial charge in [0.1, 0.15) is 6.10 Å². The smallest absolute Gasteiger partial charge is 0.158 e. The largest absolute Gasteiger partial charge is 0.384 e. The maximum absolute atomic E-state index is 9.42. The van der Waals surface area contributed by atoms with Crippen LogP contribution in [0.4, 0.5) is 0 Å². The highest BCUT2D eigenvalue weighted by atomic mass is 16.3. The normalized spacial score (nSPS) is 15.1. The second-order valence-electron chi connectivity index (χ2n) is 3.11. The molecule has 0 aliphatic carbocycles. The van der Waals surface area contributed by atoms with Crippen molar-refractivity contribution in [3.05, 3.63) is 23.8 Å². The first-order valence-corrected chi connectivity index (χ1v) is 4.65. The summed E-state index contributed by atoms with van der Waals surface area (Å²) in [6, 6.07) is 1.64.